The maximum Gasteiger partial charge on any atom is 0.0629 e. The van der Waals surface area contributed by atoms with Gasteiger partial charge >= 0.3 is 0 Å². The smallest absolute Gasteiger partial charge is 0.0629 e. The van der Waals surface area contributed by atoms with E-state index >= 15 is 0 Å². The first-order valence-corrected chi connectivity index (χ1v) is 14.5. The number of anilines is 2. The van der Waals surface area contributed by atoms with Crippen molar-refractivity contribution in [2.75, 3.05) is 4.90 Å². The third-order valence-electron chi connectivity index (χ3n) is 9.25. The maximum absolute atomic E-state index is 2.50. The van der Waals surface area contributed by atoms with Crippen LogP contribution in [0.3, 0.4) is 0 Å². The molecule has 2 unspecified atom stereocenters. The van der Waals surface area contributed by atoms with Crippen LogP contribution in [-0.4, -0.2) is 10.6 Å². The number of hydrogen-bond donors (Lipinski definition) is 0. The molecule has 198 valence electrons. The van der Waals surface area contributed by atoms with Crippen molar-refractivity contribution in [2.45, 2.75) is 31.2 Å². The molecule has 41 heavy (non-hydrogen) atoms. The van der Waals surface area contributed by atoms with E-state index in [4.69, 9.17) is 0 Å². The van der Waals surface area contributed by atoms with Gasteiger partial charge in [0.05, 0.1) is 17.1 Å². The van der Waals surface area contributed by atoms with E-state index in [0.29, 0.717) is 12.0 Å². The Bertz CT molecular complexity index is 1920. The minimum atomic E-state index is -0.128. The van der Waals surface area contributed by atoms with Gasteiger partial charge in [-0.3, -0.25) is 0 Å². The fraction of sp³-hybridized carbons (Fsp3) is 0.128. The average molecular weight is 529 g/mol. The molecule has 0 saturated carbocycles. The van der Waals surface area contributed by atoms with Crippen LogP contribution in [0.15, 0.2) is 146 Å². The zero-order chi connectivity index (χ0) is 27.6. The monoisotopic (exact) mass is 528 g/mol. The van der Waals surface area contributed by atoms with Crippen LogP contribution in [-0.2, 0) is 5.41 Å². The largest absolute Gasteiger partial charge is 0.333 e. The molecule has 2 nitrogen and oxygen atoms in total. The van der Waals surface area contributed by atoms with E-state index in [2.05, 4.69) is 169 Å². The molecule has 0 N–H and O–H groups in total. The predicted molar refractivity (Wildman–Crippen MR) is 173 cm³/mol. The van der Waals surface area contributed by atoms with Gasteiger partial charge in [-0.1, -0.05) is 117 Å². The lowest BCUT2D eigenvalue weighted by molar-refractivity contribution is 0.640. The number of aromatic nitrogens is 1. The third-order valence-corrected chi connectivity index (χ3v) is 9.25. The molecule has 2 aliphatic rings. The Labute approximate surface area is 241 Å². The molecule has 1 aliphatic carbocycles. The van der Waals surface area contributed by atoms with Gasteiger partial charge < -0.3 is 9.47 Å². The van der Waals surface area contributed by atoms with Gasteiger partial charge in [0.2, 0.25) is 0 Å². The third kappa shape index (κ3) is 3.64. The molecule has 0 radical (unpaired) electrons. The topological polar surface area (TPSA) is 8.17 Å². The number of nitrogens with zero attached hydrogens (tertiary/aromatic N) is 2. The zero-order valence-corrected chi connectivity index (χ0v) is 23.4. The Morgan fingerprint density at radius 2 is 1.07 bits per heavy atom. The Hall–Kier alpha value is -4.82. The lowest BCUT2D eigenvalue weighted by atomic mass is 9.78. The van der Waals surface area contributed by atoms with Crippen molar-refractivity contribution in [3.63, 3.8) is 0 Å². The first-order chi connectivity index (χ1) is 20.1. The molecule has 0 bridgehead atoms. The van der Waals surface area contributed by atoms with Crippen molar-refractivity contribution in [2.24, 2.45) is 0 Å². The fourth-order valence-electron chi connectivity index (χ4n) is 7.02. The highest BCUT2D eigenvalue weighted by molar-refractivity contribution is 6.09. The van der Waals surface area contributed by atoms with Crippen molar-refractivity contribution in [1.82, 2.24) is 4.57 Å². The summed E-state index contributed by atoms with van der Waals surface area (Å²) in [5.74, 6) is 0.403. The Morgan fingerprint density at radius 1 is 0.537 bits per heavy atom. The van der Waals surface area contributed by atoms with Crippen molar-refractivity contribution in [3.8, 4) is 5.69 Å². The Morgan fingerprint density at radius 3 is 1.73 bits per heavy atom. The Balaban J connectivity index is 1.13. The number of rotatable bonds is 4. The van der Waals surface area contributed by atoms with Gasteiger partial charge in [0, 0.05) is 39.2 Å². The van der Waals surface area contributed by atoms with E-state index < -0.39 is 0 Å². The molecule has 1 aromatic heterocycles. The lowest BCUT2D eigenvalue weighted by Crippen LogP contribution is -2.28. The van der Waals surface area contributed by atoms with Gasteiger partial charge in [-0.15, -0.1) is 0 Å². The van der Waals surface area contributed by atoms with Crippen LogP contribution in [0.25, 0.3) is 27.5 Å². The Kier molecular flexibility index (Phi) is 5.33. The number of hydrogen-bond acceptors (Lipinski definition) is 1. The van der Waals surface area contributed by atoms with E-state index in [-0.39, 0.29) is 5.41 Å². The van der Waals surface area contributed by atoms with Gasteiger partial charge in [-0.25, -0.2) is 0 Å². The van der Waals surface area contributed by atoms with Gasteiger partial charge in [0.1, 0.15) is 0 Å². The summed E-state index contributed by atoms with van der Waals surface area (Å²) in [6.07, 6.45) is 9.03. The molecule has 0 amide bonds. The summed E-state index contributed by atoms with van der Waals surface area (Å²) in [7, 11) is 0. The lowest BCUT2D eigenvalue weighted by Gasteiger charge is -2.30. The zero-order valence-electron chi connectivity index (χ0n) is 23.4. The van der Waals surface area contributed by atoms with E-state index in [1.807, 2.05) is 0 Å². The molecule has 2 heteroatoms. The minimum Gasteiger partial charge on any atom is -0.333 e. The van der Waals surface area contributed by atoms with Crippen LogP contribution in [0.2, 0.25) is 0 Å². The van der Waals surface area contributed by atoms with Crippen molar-refractivity contribution < 1.29 is 0 Å². The molecular weight excluding hydrogens is 496 g/mol. The van der Waals surface area contributed by atoms with Gasteiger partial charge in [-0.2, -0.15) is 0 Å². The van der Waals surface area contributed by atoms with E-state index in [0.717, 1.165) is 0 Å². The average Bonchev–Trinajstić information content (AvgIpc) is 3.54. The quantitative estimate of drug-likeness (QED) is 0.221. The van der Waals surface area contributed by atoms with Crippen LogP contribution < -0.4 is 4.90 Å². The molecule has 2 heterocycles. The van der Waals surface area contributed by atoms with E-state index in [9.17, 15) is 0 Å². The van der Waals surface area contributed by atoms with Crippen LogP contribution >= 0.6 is 0 Å². The van der Waals surface area contributed by atoms with Crippen LogP contribution in [0.5, 0.6) is 0 Å². The van der Waals surface area contributed by atoms with Crippen LogP contribution in [0.4, 0.5) is 11.4 Å². The molecular formula is C39H32N2. The molecule has 2 atom stereocenters. The van der Waals surface area contributed by atoms with Gasteiger partial charge in [0.25, 0.3) is 0 Å². The standard InChI is InChI=1S/C39H32N2/c1-39(2,27-19-23-29(24-20-27)40-35-15-7-3-11-31(35)32-12-4-8-16-36(32)40)28-21-25-30(26-22-28)41-37-17-9-5-13-33(37)34-14-6-10-18-38(34)41/h3-26,31,35H,1-2H3. The normalized spacial score (nSPS) is 17.8. The van der Waals surface area contributed by atoms with Crippen molar-refractivity contribution >= 4 is 33.2 Å². The van der Waals surface area contributed by atoms with Crippen molar-refractivity contribution in [3.05, 3.63) is 162 Å². The number of allylic oxidation sites excluding steroid dienone is 2. The summed E-state index contributed by atoms with van der Waals surface area (Å²) in [6, 6.07) is 44.9. The predicted octanol–water partition coefficient (Wildman–Crippen LogP) is 9.84. The summed E-state index contributed by atoms with van der Waals surface area (Å²) in [6.45, 7) is 4.65. The van der Waals surface area contributed by atoms with Crippen molar-refractivity contribution in [1.29, 1.82) is 0 Å². The second kappa shape index (κ2) is 9.11. The number of benzene rings is 5. The van der Waals surface area contributed by atoms with Gasteiger partial charge in [0.15, 0.2) is 0 Å². The highest BCUT2D eigenvalue weighted by Crippen LogP contribution is 2.47. The van der Waals surface area contributed by atoms with Crippen LogP contribution in [0, 0.1) is 0 Å². The first-order valence-electron chi connectivity index (χ1n) is 14.5. The van der Waals surface area contributed by atoms with E-state index in [1.54, 1.807) is 0 Å². The molecule has 8 rings (SSSR count). The number of fused-ring (bicyclic) bond motifs is 6. The molecule has 6 aromatic rings. The summed E-state index contributed by atoms with van der Waals surface area (Å²) >= 11 is 0. The summed E-state index contributed by atoms with van der Waals surface area (Å²) in [4.78, 5) is 2.50. The highest BCUT2D eigenvalue weighted by Gasteiger charge is 2.37. The SMILES string of the molecule is CC(C)(c1ccc(N2c3ccccc3C3C=CC=CC32)cc1)c1ccc(-n2c3ccccc3c3ccccc32)cc1. The number of para-hydroxylation sites is 3. The minimum absolute atomic E-state index is 0.128. The molecule has 0 saturated heterocycles. The van der Waals surface area contributed by atoms with Gasteiger partial charge in [-0.05, 0) is 59.2 Å². The second-order valence-electron chi connectivity index (χ2n) is 11.8. The summed E-state index contributed by atoms with van der Waals surface area (Å²) in [5.41, 5.74) is 10.1. The second-order valence-corrected chi connectivity index (χ2v) is 11.8. The van der Waals surface area contributed by atoms with E-state index in [1.165, 1.54) is 55.6 Å². The molecule has 1 aliphatic heterocycles. The maximum atomic E-state index is 2.50. The molecule has 0 fully saturated rings. The first kappa shape index (κ1) is 24.0. The fourth-order valence-corrected chi connectivity index (χ4v) is 7.02. The molecule has 0 spiro atoms. The molecule has 5 aromatic carbocycles. The summed E-state index contributed by atoms with van der Waals surface area (Å²) < 4.78 is 2.38. The highest BCUT2D eigenvalue weighted by atomic mass is 15.2. The van der Waals surface area contributed by atoms with Crippen LogP contribution in [0.1, 0.15) is 36.5 Å². The summed E-state index contributed by atoms with van der Waals surface area (Å²) in [5, 5.41) is 2.58.